The summed E-state index contributed by atoms with van der Waals surface area (Å²) in [4.78, 5) is 4.39. The Kier molecular flexibility index (Phi) is 4.07. The zero-order valence-electron chi connectivity index (χ0n) is 10.5. The van der Waals surface area contributed by atoms with Crippen LogP contribution < -0.4 is 5.32 Å². The lowest BCUT2D eigenvalue weighted by Crippen LogP contribution is -1.97. The highest BCUT2D eigenvalue weighted by atomic mass is 79.9. The van der Waals surface area contributed by atoms with Gasteiger partial charge < -0.3 is 5.32 Å². The molecular formula is C14H14Br2N2. The van der Waals surface area contributed by atoms with Crippen LogP contribution in [0.2, 0.25) is 0 Å². The molecule has 0 aliphatic heterocycles. The van der Waals surface area contributed by atoms with Crippen molar-refractivity contribution in [1.82, 2.24) is 4.98 Å². The maximum Gasteiger partial charge on any atom is 0.133 e. The van der Waals surface area contributed by atoms with Gasteiger partial charge in [0.25, 0.3) is 0 Å². The molecule has 2 rings (SSSR count). The number of hydrogen-bond donors (Lipinski definition) is 1. The molecule has 1 aromatic carbocycles. The molecule has 0 atom stereocenters. The Labute approximate surface area is 124 Å². The average Bonchev–Trinajstić information content (AvgIpc) is 2.29. The number of rotatable bonds is 2. The highest BCUT2D eigenvalue weighted by molar-refractivity contribution is 9.10. The lowest BCUT2D eigenvalue weighted by Gasteiger charge is -2.12. The van der Waals surface area contributed by atoms with E-state index in [1.807, 2.05) is 13.0 Å². The molecule has 0 saturated carbocycles. The van der Waals surface area contributed by atoms with Gasteiger partial charge in [0.2, 0.25) is 0 Å². The number of nitrogens with one attached hydrogen (secondary N) is 1. The number of anilines is 2. The summed E-state index contributed by atoms with van der Waals surface area (Å²) in [5, 5.41) is 3.36. The Bertz CT molecular complexity index is 571. The van der Waals surface area contributed by atoms with Gasteiger partial charge in [0.1, 0.15) is 5.82 Å². The molecule has 1 aromatic heterocycles. The summed E-state index contributed by atoms with van der Waals surface area (Å²) in [6.07, 6.45) is 1.80. The Hall–Kier alpha value is -0.870. The third-order valence-electron chi connectivity index (χ3n) is 2.74. The van der Waals surface area contributed by atoms with Crippen LogP contribution in [0.25, 0.3) is 0 Å². The van der Waals surface area contributed by atoms with Gasteiger partial charge in [-0.15, -0.1) is 0 Å². The molecule has 0 amide bonds. The number of pyridine rings is 1. The van der Waals surface area contributed by atoms with Crippen molar-refractivity contribution in [2.24, 2.45) is 0 Å². The van der Waals surface area contributed by atoms with Crippen LogP contribution in [0.3, 0.4) is 0 Å². The van der Waals surface area contributed by atoms with Crippen molar-refractivity contribution in [3.05, 3.63) is 50.0 Å². The van der Waals surface area contributed by atoms with Crippen LogP contribution in [0.5, 0.6) is 0 Å². The van der Waals surface area contributed by atoms with E-state index in [2.05, 4.69) is 68.1 Å². The van der Waals surface area contributed by atoms with Crippen molar-refractivity contribution in [2.45, 2.75) is 20.8 Å². The van der Waals surface area contributed by atoms with Crippen molar-refractivity contribution >= 4 is 43.4 Å². The molecule has 18 heavy (non-hydrogen) atoms. The first kappa shape index (κ1) is 13.6. The van der Waals surface area contributed by atoms with Crippen LogP contribution in [-0.4, -0.2) is 4.98 Å². The van der Waals surface area contributed by atoms with E-state index in [0.717, 1.165) is 26.0 Å². The smallest absolute Gasteiger partial charge is 0.133 e. The SMILES string of the molecule is Cc1cc(Br)cnc1Nc1cc(C)c(Br)c(C)c1. The van der Waals surface area contributed by atoms with E-state index in [1.54, 1.807) is 6.20 Å². The van der Waals surface area contributed by atoms with Crippen LogP contribution in [-0.2, 0) is 0 Å². The summed E-state index contributed by atoms with van der Waals surface area (Å²) in [6.45, 7) is 6.22. The summed E-state index contributed by atoms with van der Waals surface area (Å²) >= 11 is 6.99. The van der Waals surface area contributed by atoms with E-state index >= 15 is 0 Å². The predicted molar refractivity (Wildman–Crippen MR) is 83.6 cm³/mol. The van der Waals surface area contributed by atoms with Crippen molar-refractivity contribution in [1.29, 1.82) is 0 Å². The molecule has 0 aliphatic rings. The summed E-state index contributed by atoms with van der Waals surface area (Å²) in [5.41, 5.74) is 4.60. The molecule has 0 bridgehead atoms. The van der Waals surface area contributed by atoms with Crippen LogP contribution in [0.15, 0.2) is 33.3 Å². The standard InChI is InChI=1S/C14H14Br2N2/c1-8-5-12(6-9(2)13(8)16)18-14-10(3)4-11(15)7-17-14/h4-7H,1-3H3,(H,17,18). The molecule has 0 fully saturated rings. The molecule has 0 radical (unpaired) electrons. The summed E-state index contributed by atoms with van der Waals surface area (Å²) in [5.74, 6) is 0.888. The minimum Gasteiger partial charge on any atom is -0.340 e. The van der Waals surface area contributed by atoms with Crippen LogP contribution in [0.4, 0.5) is 11.5 Å². The number of aryl methyl sites for hydroxylation is 3. The number of aromatic nitrogens is 1. The first-order valence-electron chi connectivity index (χ1n) is 5.63. The van der Waals surface area contributed by atoms with E-state index in [9.17, 15) is 0 Å². The van der Waals surface area contributed by atoms with E-state index in [4.69, 9.17) is 0 Å². The molecule has 1 N–H and O–H groups in total. The molecule has 0 saturated heterocycles. The second-order valence-electron chi connectivity index (χ2n) is 4.37. The third kappa shape index (κ3) is 2.93. The van der Waals surface area contributed by atoms with Gasteiger partial charge in [-0.1, -0.05) is 15.9 Å². The van der Waals surface area contributed by atoms with E-state index in [1.165, 1.54) is 11.1 Å². The highest BCUT2D eigenvalue weighted by Gasteiger charge is 2.05. The van der Waals surface area contributed by atoms with Crippen LogP contribution in [0.1, 0.15) is 16.7 Å². The van der Waals surface area contributed by atoms with Crippen molar-refractivity contribution < 1.29 is 0 Å². The third-order valence-corrected chi connectivity index (χ3v) is 4.43. The Morgan fingerprint density at radius 1 is 0.944 bits per heavy atom. The van der Waals surface area contributed by atoms with Crippen molar-refractivity contribution in [3.8, 4) is 0 Å². The largest absolute Gasteiger partial charge is 0.340 e. The number of nitrogens with zero attached hydrogens (tertiary/aromatic N) is 1. The Morgan fingerprint density at radius 3 is 2.11 bits per heavy atom. The van der Waals surface area contributed by atoms with Gasteiger partial charge in [-0.2, -0.15) is 0 Å². The zero-order chi connectivity index (χ0) is 13.3. The monoisotopic (exact) mass is 368 g/mol. The minimum atomic E-state index is 0.888. The number of halogens is 2. The van der Waals surface area contributed by atoms with Gasteiger partial charge in [-0.25, -0.2) is 4.98 Å². The van der Waals surface area contributed by atoms with Crippen LogP contribution >= 0.6 is 31.9 Å². The number of hydrogen-bond acceptors (Lipinski definition) is 2. The quantitative estimate of drug-likeness (QED) is 0.779. The lowest BCUT2D eigenvalue weighted by atomic mass is 10.1. The van der Waals surface area contributed by atoms with Gasteiger partial charge in [-0.3, -0.25) is 0 Å². The van der Waals surface area contributed by atoms with Gasteiger partial charge in [-0.05, 0) is 71.6 Å². The first-order valence-corrected chi connectivity index (χ1v) is 7.22. The Morgan fingerprint density at radius 2 is 1.56 bits per heavy atom. The first-order chi connectivity index (χ1) is 8.47. The molecule has 4 heteroatoms. The molecule has 94 valence electrons. The topological polar surface area (TPSA) is 24.9 Å². The Balaban J connectivity index is 2.34. The molecule has 0 spiro atoms. The second-order valence-corrected chi connectivity index (χ2v) is 6.08. The van der Waals surface area contributed by atoms with Crippen molar-refractivity contribution in [3.63, 3.8) is 0 Å². The normalized spacial score (nSPS) is 10.5. The van der Waals surface area contributed by atoms with Gasteiger partial charge in [0.05, 0.1) is 0 Å². The maximum atomic E-state index is 4.39. The molecule has 2 aromatic rings. The van der Waals surface area contributed by atoms with Crippen molar-refractivity contribution in [2.75, 3.05) is 5.32 Å². The summed E-state index contributed by atoms with van der Waals surface area (Å²) in [7, 11) is 0. The average molecular weight is 370 g/mol. The van der Waals surface area contributed by atoms with E-state index < -0.39 is 0 Å². The lowest BCUT2D eigenvalue weighted by molar-refractivity contribution is 1.23. The summed E-state index contributed by atoms with van der Waals surface area (Å²) < 4.78 is 2.15. The fraction of sp³-hybridized carbons (Fsp3) is 0.214. The van der Waals surface area contributed by atoms with Gasteiger partial charge in [0, 0.05) is 20.8 Å². The summed E-state index contributed by atoms with van der Waals surface area (Å²) in [6, 6.07) is 6.27. The van der Waals surface area contributed by atoms with E-state index in [0.29, 0.717) is 0 Å². The minimum absolute atomic E-state index is 0.888. The van der Waals surface area contributed by atoms with E-state index in [-0.39, 0.29) is 0 Å². The molecule has 0 unspecified atom stereocenters. The molecule has 1 heterocycles. The number of benzene rings is 1. The molecule has 0 aliphatic carbocycles. The predicted octanol–water partition coefficient (Wildman–Crippen LogP) is 5.28. The van der Waals surface area contributed by atoms with Crippen LogP contribution in [0, 0.1) is 20.8 Å². The maximum absolute atomic E-state index is 4.39. The van der Waals surface area contributed by atoms with Gasteiger partial charge in [0.15, 0.2) is 0 Å². The zero-order valence-corrected chi connectivity index (χ0v) is 13.7. The van der Waals surface area contributed by atoms with Gasteiger partial charge >= 0.3 is 0 Å². The molecule has 2 nitrogen and oxygen atoms in total. The fourth-order valence-corrected chi connectivity index (χ4v) is 2.50. The fourth-order valence-electron chi connectivity index (χ4n) is 1.83. The highest BCUT2D eigenvalue weighted by Crippen LogP contribution is 2.27. The second kappa shape index (κ2) is 5.41. The molecular weight excluding hydrogens is 356 g/mol.